The van der Waals surface area contributed by atoms with Gasteiger partial charge in [0.15, 0.2) is 5.96 Å². The van der Waals surface area contributed by atoms with E-state index in [0.717, 1.165) is 11.7 Å². The molecule has 86 valence electrons. The topological polar surface area (TPSA) is 53.7 Å². The first-order valence-electron chi connectivity index (χ1n) is 5.02. The van der Waals surface area contributed by atoms with Crippen LogP contribution in [0.5, 0.6) is 0 Å². The van der Waals surface area contributed by atoms with Crippen LogP contribution in [0.2, 0.25) is 0 Å². The second kappa shape index (κ2) is 6.51. The number of guanidine groups is 1. The van der Waals surface area contributed by atoms with Gasteiger partial charge in [-0.25, -0.2) is 0 Å². The molecule has 1 rings (SSSR count). The Labute approximate surface area is 95.5 Å². The third-order valence-electron chi connectivity index (χ3n) is 2.02. The highest BCUT2D eigenvalue weighted by molar-refractivity contribution is 5.79. The first-order valence-corrected chi connectivity index (χ1v) is 5.02. The molecule has 0 aliphatic carbocycles. The normalized spacial score (nSPS) is 10.9. The van der Waals surface area contributed by atoms with Gasteiger partial charge < -0.3 is 14.7 Å². The largest absolute Gasteiger partial charge is 0.364 e. The number of nitrogens with zero attached hydrogens (tertiary/aromatic N) is 3. The van der Waals surface area contributed by atoms with Crippen LogP contribution in [0.3, 0.4) is 0 Å². The Hall–Kier alpha value is -1.96. The molecule has 1 aromatic rings. The first kappa shape index (κ1) is 12.1. The maximum absolute atomic E-state index is 5.18. The molecule has 1 N–H and O–H groups in total. The van der Waals surface area contributed by atoms with Crippen LogP contribution in [0.25, 0.3) is 0 Å². The first-order chi connectivity index (χ1) is 7.77. The van der Waals surface area contributed by atoms with E-state index in [-0.39, 0.29) is 0 Å². The smallest absolute Gasteiger partial charge is 0.193 e. The second-order valence-corrected chi connectivity index (χ2v) is 3.27. The maximum atomic E-state index is 5.18. The molecule has 0 bridgehead atoms. The maximum Gasteiger partial charge on any atom is 0.193 e. The van der Waals surface area contributed by atoms with Gasteiger partial charge in [0, 0.05) is 33.1 Å². The molecular formula is C11H16N4O. The van der Waals surface area contributed by atoms with Gasteiger partial charge in [0.2, 0.25) is 0 Å². The van der Waals surface area contributed by atoms with E-state index in [4.69, 9.17) is 10.9 Å². The van der Waals surface area contributed by atoms with Gasteiger partial charge in [0.05, 0.1) is 6.54 Å². The van der Waals surface area contributed by atoms with Crippen LogP contribution < -0.4 is 5.32 Å². The highest BCUT2D eigenvalue weighted by atomic mass is 16.5. The molecule has 5 heteroatoms. The van der Waals surface area contributed by atoms with Crippen LogP contribution in [-0.2, 0) is 6.54 Å². The molecule has 1 heterocycles. The lowest BCUT2D eigenvalue weighted by atomic mass is 10.4. The number of aliphatic imine (C=N–C) groups is 1. The monoisotopic (exact) mass is 220 g/mol. The molecule has 16 heavy (non-hydrogen) atoms. The fourth-order valence-corrected chi connectivity index (χ4v) is 1.27. The van der Waals surface area contributed by atoms with Crippen molar-refractivity contribution in [2.75, 3.05) is 20.6 Å². The van der Waals surface area contributed by atoms with Crippen LogP contribution >= 0.6 is 0 Å². The summed E-state index contributed by atoms with van der Waals surface area (Å²) in [6, 6.07) is 1.82. The summed E-state index contributed by atoms with van der Waals surface area (Å²) >= 11 is 0. The van der Waals surface area contributed by atoms with Gasteiger partial charge in [0.1, 0.15) is 12.0 Å². The Bertz CT molecular complexity index is 364. The van der Waals surface area contributed by atoms with E-state index in [1.54, 1.807) is 13.3 Å². The number of hydrogen-bond acceptors (Lipinski definition) is 3. The molecule has 0 fully saturated rings. The second-order valence-electron chi connectivity index (χ2n) is 3.27. The van der Waals surface area contributed by atoms with Crippen LogP contribution in [-0.4, -0.2) is 36.7 Å². The van der Waals surface area contributed by atoms with Gasteiger partial charge in [-0.1, -0.05) is 5.16 Å². The number of aromatic nitrogens is 1. The van der Waals surface area contributed by atoms with Gasteiger partial charge in [-0.05, 0) is 0 Å². The molecule has 0 saturated heterocycles. The summed E-state index contributed by atoms with van der Waals surface area (Å²) in [5.74, 6) is 3.36. The molecule has 0 amide bonds. The van der Waals surface area contributed by atoms with Crippen LogP contribution in [0.1, 0.15) is 12.1 Å². The molecular weight excluding hydrogens is 204 g/mol. The van der Waals surface area contributed by atoms with E-state index in [9.17, 15) is 0 Å². The minimum atomic E-state index is 0.645. The van der Waals surface area contributed by atoms with Gasteiger partial charge in [-0.2, -0.15) is 0 Å². The van der Waals surface area contributed by atoms with Gasteiger partial charge >= 0.3 is 0 Å². The van der Waals surface area contributed by atoms with E-state index < -0.39 is 0 Å². The fourth-order valence-electron chi connectivity index (χ4n) is 1.27. The summed E-state index contributed by atoms with van der Waals surface area (Å²) in [6.07, 6.45) is 7.41. The van der Waals surface area contributed by atoms with Crippen LogP contribution in [0.4, 0.5) is 0 Å². The summed E-state index contributed by atoms with van der Waals surface area (Å²) < 4.78 is 4.76. The van der Waals surface area contributed by atoms with E-state index in [1.807, 2.05) is 18.0 Å². The Morgan fingerprint density at radius 3 is 3.12 bits per heavy atom. The highest BCUT2D eigenvalue weighted by Gasteiger charge is 2.07. The Morgan fingerprint density at radius 2 is 2.56 bits per heavy atom. The van der Waals surface area contributed by atoms with Gasteiger partial charge in [-0.15, -0.1) is 12.3 Å². The fraction of sp³-hybridized carbons (Fsp3) is 0.455. The summed E-state index contributed by atoms with van der Waals surface area (Å²) in [5.41, 5.74) is 0.863. The van der Waals surface area contributed by atoms with Crippen LogP contribution in [0, 0.1) is 12.3 Å². The molecule has 5 nitrogen and oxygen atoms in total. The summed E-state index contributed by atoms with van der Waals surface area (Å²) in [4.78, 5) is 6.10. The van der Waals surface area contributed by atoms with Crippen molar-refractivity contribution in [3.8, 4) is 12.3 Å². The number of nitrogens with one attached hydrogen (secondary N) is 1. The van der Waals surface area contributed by atoms with Crippen molar-refractivity contribution in [2.24, 2.45) is 4.99 Å². The summed E-state index contributed by atoms with van der Waals surface area (Å²) in [5, 5.41) is 7.00. The quantitative estimate of drug-likeness (QED) is 0.351. The molecule has 0 aliphatic rings. The van der Waals surface area contributed by atoms with Crippen molar-refractivity contribution in [2.45, 2.75) is 13.0 Å². The highest BCUT2D eigenvalue weighted by Crippen LogP contribution is 1.99. The Balaban J connectivity index is 2.44. The van der Waals surface area contributed by atoms with Gasteiger partial charge in [-0.3, -0.25) is 4.99 Å². The minimum Gasteiger partial charge on any atom is -0.364 e. The van der Waals surface area contributed by atoms with Crippen molar-refractivity contribution in [1.82, 2.24) is 15.4 Å². The van der Waals surface area contributed by atoms with E-state index in [0.29, 0.717) is 19.5 Å². The van der Waals surface area contributed by atoms with Crippen molar-refractivity contribution in [3.05, 3.63) is 18.0 Å². The minimum absolute atomic E-state index is 0.645. The number of terminal acetylenes is 1. The standard InChI is InChI=1S/C11H16N4O/c1-4-5-7-13-11(12-2)15(3)9-10-6-8-16-14-10/h1,6,8H,5,7,9H2,2-3H3,(H,12,13). The average Bonchev–Trinajstić information content (AvgIpc) is 2.77. The summed E-state index contributed by atoms with van der Waals surface area (Å²) in [7, 11) is 3.66. The predicted molar refractivity (Wildman–Crippen MR) is 62.8 cm³/mol. The van der Waals surface area contributed by atoms with Crippen molar-refractivity contribution in [3.63, 3.8) is 0 Å². The number of hydrogen-bond donors (Lipinski definition) is 1. The SMILES string of the molecule is C#CCCNC(=NC)N(C)Cc1ccon1. The van der Waals surface area contributed by atoms with E-state index in [1.165, 1.54) is 0 Å². The zero-order valence-corrected chi connectivity index (χ0v) is 9.60. The van der Waals surface area contributed by atoms with Gasteiger partial charge in [0.25, 0.3) is 0 Å². The Morgan fingerprint density at radius 1 is 1.75 bits per heavy atom. The lowest BCUT2D eigenvalue weighted by Gasteiger charge is -2.20. The average molecular weight is 220 g/mol. The molecule has 0 aromatic carbocycles. The molecule has 0 spiro atoms. The van der Waals surface area contributed by atoms with E-state index in [2.05, 4.69) is 21.4 Å². The molecule has 0 radical (unpaired) electrons. The predicted octanol–water partition coefficient (Wildman–Crippen LogP) is 0.705. The molecule has 1 aromatic heterocycles. The molecule has 0 atom stereocenters. The number of rotatable bonds is 4. The summed E-state index contributed by atoms with van der Waals surface area (Å²) in [6.45, 7) is 1.36. The van der Waals surface area contributed by atoms with Crippen molar-refractivity contribution >= 4 is 5.96 Å². The van der Waals surface area contributed by atoms with E-state index >= 15 is 0 Å². The zero-order valence-electron chi connectivity index (χ0n) is 9.60. The zero-order chi connectivity index (χ0) is 11.8. The molecule has 0 unspecified atom stereocenters. The lowest BCUT2D eigenvalue weighted by Crippen LogP contribution is -2.38. The lowest BCUT2D eigenvalue weighted by molar-refractivity contribution is 0.391. The molecule has 0 saturated carbocycles. The van der Waals surface area contributed by atoms with Crippen LogP contribution in [0.15, 0.2) is 21.8 Å². The Kier molecular flexibility index (Phi) is 4.93. The molecule has 0 aliphatic heterocycles. The third-order valence-corrected chi connectivity index (χ3v) is 2.02. The third kappa shape index (κ3) is 3.65. The van der Waals surface area contributed by atoms with Crippen molar-refractivity contribution in [1.29, 1.82) is 0 Å². The van der Waals surface area contributed by atoms with Crippen molar-refractivity contribution < 1.29 is 4.52 Å².